The van der Waals surface area contributed by atoms with Crippen molar-refractivity contribution in [3.05, 3.63) is 35.5 Å². The Hall–Kier alpha value is -2.37. The van der Waals surface area contributed by atoms with Gasteiger partial charge in [-0.2, -0.15) is 4.98 Å². The van der Waals surface area contributed by atoms with Crippen molar-refractivity contribution in [2.45, 2.75) is 26.8 Å². The average Bonchev–Trinajstić information content (AvgIpc) is 2.91. The van der Waals surface area contributed by atoms with Crippen LogP contribution in [-0.2, 0) is 13.0 Å². The molecule has 0 saturated heterocycles. The molecular formula is C13H15N5O. The van der Waals surface area contributed by atoms with Gasteiger partial charge in [0.05, 0.1) is 11.0 Å². The predicted octanol–water partition coefficient (Wildman–Crippen LogP) is 1.86. The highest BCUT2D eigenvalue weighted by atomic mass is 16.5. The summed E-state index contributed by atoms with van der Waals surface area (Å²) in [5.41, 5.74) is 9.11. The molecule has 6 nitrogen and oxygen atoms in total. The van der Waals surface area contributed by atoms with Crippen LogP contribution in [0.1, 0.15) is 17.3 Å². The minimum absolute atomic E-state index is 0.514. The lowest BCUT2D eigenvalue weighted by Gasteiger charge is -2.06. The Morgan fingerprint density at radius 2 is 2.11 bits per heavy atom. The Morgan fingerprint density at radius 1 is 1.26 bits per heavy atom. The van der Waals surface area contributed by atoms with Gasteiger partial charge in [-0.05, 0) is 25.5 Å². The molecule has 0 fully saturated rings. The number of aryl methyl sites for hydroxylation is 4. The van der Waals surface area contributed by atoms with Gasteiger partial charge in [0, 0.05) is 13.0 Å². The maximum atomic E-state index is 5.98. The zero-order valence-corrected chi connectivity index (χ0v) is 10.9. The van der Waals surface area contributed by atoms with Gasteiger partial charge in [-0.15, -0.1) is 0 Å². The van der Waals surface area contributed by atoms with Gasteiger partial charge in [-0.1, -0.05) is 17.3 Å². The first-order chi connectivity index (χ1) is 9.15. The molecule has 0 bridgehead atoms. The summed E-state index contributed by atoms with van der Waals surface area (Å²) in [6.45, 7) is 4.53. The van der Waals surface area contributed by atoms with Crippen molar-refractivity contribution in [2.24, 2.45) is 0 Å². The fraction of sp³-hybridized carbons (Fsp3) is 0.308. The fourth-order valence-corrected chi connectivity index (χ4v) is 2.26. The third-order valence-corrected chi connectivity index (χ3v) is 3.12. The minimum atomic E-state index is 0.514. The van der Waals surface area contributed by atoms with Gasteiger partial charge in [-0.3, -0.25) is 0 Å². The van der Waals surface area contributed by atoms with E-state index in [0.29, 0.717) is 30.6 Å². The summed E-state index contributed by atoms with van der Waals surface area (Å²) in [5, 5.41) is 3.78. The lowest BCUT2D eigenvalue weighted by Crippen LogP contribution is -2.06. The van der Waals surface area contributed by atoms with E-state index in [1.807, 2.05) is 16.7 Å². The summed E-state index contributed by atoms with van der Waals surface area (Å²) in [7, 11) is 0. The van der Waals surface area contributed by atoms with Crippen LogP contribution < -0.4 is 5.73 Å². The summed E-state index contributed by atoms with van der Waals surface area (Å²) in [6, 6.07) is 6.00. The van der Waals surface area contributed by atoms with Gasteiger partial charge in [0.25, 0.3) is 0 Å². The first-order valence-electron chi connectivity index (χ1n) is 6.15. The molecule has 0 spiro atoms. The number of imidazole rings is 1. The Labute approximate surface area is 110 Å². The van der Waals surface area contributed by atoms with Crippen LogP contribution >= 0.6 is 0 Å². The molecule has 3 rings (SSSR count). The summed E-state index contributed by atoms with van der Waals surface area (Å²) in [4.78, 5) is 8.56. The van der Waals surface area contributed by atoms with Crippen LogP contribution in [0.4, 0.5) is 5.95 Å². The van der Waals surface area contributed by atoms with E-state index in [-0.39, 0.29) is 0 Å². The van der Waals surface area contributed by atoms with Crippen molar-refractivity contribution in [3.8, 4) is 0 Å². The van der Waals surface area contributed by atoms with Crippen molar-refractivity contribution in [2.75, 3.05) is 5.73 Å². The Kier molecular flexibility index (Phi) is 2.70. The number of fused-ring (bicyclic) bond motifs is 1. The van der Waals surface area contributed by atoms with Crippen LogP contribution in [0.3, 0.4) is 0 Å². The van der Waals surface area contributed by atoms with E-state index in [4.69, 9.17) is 10.3 Å². The van der Waals surface area contributed by atoms with Gasteiger partial charge in [-0.25, -0.2) is 4.98 Å². The largest absolute Gasteiger partial charge is 0.369 e. The van der Waals surface area contributed by atoms with Crippen molar-refractivity contribution in [1.82, 2.24) is 19.7 Å². The maximum Gasteiger partial charge on any atom is 0.228 e. The molecular weight excluding hydrogens is 242 g/mol. The van der Waals surface area contributed by atoms with Crippen LogP contribution in [0.2, 0.25) is 0 Å². The first-order valence-corrected chi connectivity index (χ1v) is 6.15. The quantitative estimate of drug-likeness (QED) is 0.774. The summed E-state index contributed by atoms with van der Waals surface area (Å²) in [6.07, 6.45) is 0.644. The average molecular weight is 257 g/mol. The molecule has 0 unspecified atom stereocenters. The number of benzene rings is 1. The number of aromatic nitrogens is 4. The summed E-state index contributed by atoms with van der Waals surface area (Å²) >= 11 is 0. The standard InChI is InChI=1S/C13H15N5O/c1-8-4-3-5-10-12(8)18(13(14)16-10)7-6-11-15-9(2)17-19-11/h3-5H,6-7H2,1-2H3,(H2,14,16). The van der Waals surface area contributed by atoms with E-state index in [1.165, 1.54) is 0 Å². The number of nitrogens with zero attached hydrogens (tertiary/aromatic N) is 4. The molecule has 0 aliphatic rings. The molecule has 0 atom stereocenters. The molecule has 6 heteroatoms. The van der Waals surface area contributed by atoms with E-state index >= 15 is 0 Å². The second-order valence-electron chi connectivity index (χ2n) is 4.55. The van der Waals surface area contributed by atoms with Gasteiger partial charge >= 0.3 is 0 Å². The molecule has 0 amide bonds. The third-order valence-electron chi connectivity index (χ3n) is 3.12. The van der Waals surface area contributed by atoms with Gasteiger partial charge < -0.3 is 14.8 Å². The molecule has 0 aliphatic heterocycles. The van der Waals surface area contributed by atoms with Crippen molar-refractivity contribution in [1.29, 1.82) is 0 Å². The van der Waals surface area contributed by atoms with Crippen molar-refractivity contribution < 1.29 is 4.52 Å². The zero-order chi connectivity index (χ0) is 13.4. The number of rotatable bonds is 3. The Balaban J connectivity index is 1.94. The number of hydrogen-bond acceptors (Lipinski definition) is 5. The number of nitrogen functional groups attached to an aromatic ring is 1. The van der Waals surface area contributed by atoms with Crippen LogP contribution in [-0.4, -0.2) is 19.7 Å². The maximum absolute atomic E-state index is 5.98. The minimum Gasteiger partial charge on any atom is -0.369 e. The molecule has 2 aromatic heterocycles. The van der Waals surface area contributed by atoms with Crippen LogP contribution in [0.15, 0.2) is 22.7 Å². The van der Waals surface area contributed by atoms with Gasteiger partial charge in [0.1, 0.15) is 0 Å². The summed E-state index contributed by atoms with van der Waals surface area (Å²) in [5.74, 6) is 1.78. The van der Waals surface area contributed by atoms with E-state index in [1.54, 1.807) is 6.92 Å². The zero-order valence-electron chi connectivity index (χ0n) is 10.9. The highest BCUT2D eigenvalue weighted by Gasteiger charge is 2.11. The molecule has 2 heterocycles. The number of hydrogen-bond donors (Lipinski definition) is 1. The number of anilines is 1. The topological polar surface area (TPSA) is 82.8 Å². The highest BCUT2D eigenvalue weighted by Crippen LogP contribution is 2.21. The molecule has 3 aromatic rings. The molecule has 2 N–H and O–H groups in total. The monoisotopic (exact) mass is 257 g/mol. The van der Waals surface area contributed by atoms with E-state index in [2.05, 4.69) is 28.1 Å². The fourth-order valence-electron chi connectivity index (χ4n) is 2.26. The van der Waals surface area contributed by atoms with Gasteiger partial charge in [0.15, 0.2) is 5.82 Å². The third kappa shape index (κ3) is 2.05. The molecule has 1 aromatic carbocycles. The molecule has 98 valence electrons. The predicted molar refractivity (Wildman–Crippen MR) is 71.6 cm³/mol. The second-order valence-corrected chi connectivity index (χ2v) is 4.55. The van der Waals surface area contributed by atoms with Crippen molar-refractivity contribution in [3.63, 3.8) is 0 Å². The first kappa shape index (κ1) is 11.7. The molecule has 0 saturated carbocycles. The molecule has 0 radical (unpaired) electrons. The molecule has 0 aliphatic carbocycles. The number of nitrogens with two attached hydrogens (primary N) is 1. The van der Waals surface area contributed by atoms with E-state index in [9.17, 15) is 0 Å². The lowest BCUT2D eigenvalue weighted by atomic mass is 10.2. The lowest BCUT2D eigenvalue weighted by molar-refractivity contribution is 0.369. The smallest absolute Gasteiger partial charge is 0.228 e. The Morgan fingerprint density at radius 3 is 2.84 bits per heavy atom. The SMILES string of the molecule is Cc1noc(CCn2c(N)nc3cccc(C)c32)n1. The second kappa shape index (κ2) is 4.38. The van der Waals surface area contributed by atoms with Gasteiger partial charge in [0.2, 0.25) is 11.8 Å². The van der Waals surface area contributed by atoms with Crippen LogP contribution in [0.5, 0.6) is 0 Å². The van der Waals surface area contributed by atoms with Crippen molar-refractivity contribution >= 4 is 17.0 Å². The van der Waals surface area contributed by atoms with Crippen LogP contribution in [0, 0.1) is 13.8 Å². The highest BCUT2D eigenvalue weighted by molar-refractivity contribution is 5.81. The van der Waals surface area contributed by atoms with E-state index < -0.39 is 0 Å². The normalized spacial score (nSPS) is 11.3. The Bertz CT molecular complexity index is 728. The van der Waals surface area contributed by atoms with Crippen LogP contribution in [0.25, 0.3) is 11.0 Å². The summed E-state index contributed by atoms with van der Waals surface area (Å²) < 4.78 is 7.10. The van der Waals surface area contributed by atoms with E-state index in [0.717, 1.165) is 16.6 Å². The number of para-hydroxylation sites is 1. The molecule has 19 heavy (non-hydrogen) atoms.